The SMILES string of the molecule is C[C@H](Nc1ncc(C#N)c(-c2c[nH]c3ncc(Cl)cc23)n1)C(=O)CCC(F)(F)F. The predicted molar refractivity (Wildman–Crippen MR) is 100 cm³/mol. The molecule has 0 saturated heterocycles. The number of carbonyl (C=O) groups is 1. The van der Waals surface area contributed by atoms with Gasteiger partial charge in [-0.05, 0) is 13.0 Å². The second-order valence-electron chi connectivity index (χ2n) is 6.27. The van der Waals surface area contributed by atoms with Gasteiger partial charge in [-0.1, -0.05) is 11.6 Å². The second-order valence-corrected chi connectivity index (χ2v) is 6.70. The lowest BCUT2D eigenvalue weighted by molar-refractivity contribution is -0.143. The van der Waals surface area contributed by atoms with Crippen LogP contribution >= 0.6 is 11.6 Å². The third kappa shape index (κ3) is 4.81. The second kappa shape index (κ2) is 8.05. The third-order valence-electron chi connectivity index (χ3n) is 4.15. The lowest BCUT2D eigenvalue weighted by Crippen LogP contribution is -2.28. The number of hydrogen-bond acceptors (Lipinski definition) is 6. The van der Waals surface area contributed by atoms with Gasteiger partial charge in [0.2, 0.25) is 5.95 Å². The number of aromatic nitrogens is 4. The van der Waals surface area contributed by atoms with E-state index < -0.39 is 30.8 Å². The monoisotopic (exact) mass is 422 g/mol. The van der Waals surface area contributed by atoms with Crippen molar-refractivity contribution >= 4 is 34.4 Å². The van der Waals surface area contributed by atoms with Gasteiger partial charge in [0, 0.05) is 29.8 Å². The number of Topliss-reactive ketones (excluding diaryl/α,β-unsaturated/α-hetero) is 1. The molecule has 0 saturated carbocycles. The average molecular weight is 423 g/mol. The fourth-order valence-corrected chi connectivity index (χ4v) is 2.83. The molecule has 3 heterocycles. The minimum atomic E-state index is -4.40. The lowest BCUT2D eigenvalue weighted by atomic mass is 10.1. The number of nitriles is 1. The molecule has 3 aromatic rings. The van der Waals surface area contributed by atoms with Gasteiger partial charge in [0.25, 0.3) is 0 Å². The fourth-order valence-electron chi connectivity index (χ4n) is 2.67. The Morgan fingerprint density at radius 3 is 2.83 bits per heavy atom. The van der Waals surface area contributed by atoms with Crippen molar-refractivity contribution in [1.82, 2.24) is 19.9 Å². The van der Waals surface area contributed by atoms with Crippen molar-refractivity contribution in [3.63, 3.8) is 0 Å². The molecule has 0 radical (unpaired) electrons. The smallest absolute Gasteiger partial charge is 0.345 e. The molecule has 11 heteroatoms. The number of aromatic amines is 1. The first-order valence-corrected chi connectivity index (χ1v) is 8.82. The maximum atomic E-state index is 12.3. The van der Waals surface area contributed by atoms with E-state index in [1.165, 1.54) is 19.3 Å². The Kier molecular flexibility index (Phi) is 5.70. The molecule has 7 nitrogen and oxygen atoms in total. The average Bonchev–Trinajstić information content (AvgIpc) is 3.08. The number of hydrogen-bond donors (Lipinski definition) is 2. The molecule has 0 bridgehead atoms. The number of pyridine rings is 1. The van der Waals surface area contributed by atoms with E-state index >= 15 is 0 Å². The van der Waals surface area contributed by atoms with Crippen LogP contribution in [0.2, 0.25) is 5.02 Å². The van der Waals surface area contributed by atoms with Crippen molar-refractivity contribution in [2.75, 3.05) is 5.32 Å². The minimum Gasteiger partial charge on any atom is -0.345 e. The molecular weight excluding hydrogens is 409 g/mol. The molecular formula is C18H14ClF3N6O. The first kappa shape index (κ1) is 20.5. The Morgan fingerprint density at radius 1 is 1.38 bits per heavy atom. The number of carbonyl (C=O) groups excluding carboxylic acids is 1. The summed E-state index contributed by atoms with van der Waals surface area (Å²) in [6.07, 6.45) is -1.89. The van der Waals surface area contributed by atoms with Crippen molar-refractivity contribution in [2.45, 2.75) is 32.0 Å². The molecule has 0 aliphatic carbocycles. The van der Waals surface area contributed by atoms with Crippen molar-refractivity contribution in [1.29, 1.82) is 5.26 Å². The summed E-state index contributed by atoms with van der Waals surface area (Å²) < 4.78 is 36.9. The molecule has 150 valence electrons. The summed E-state index contributed by atoms with van der Waals surface area (Å²) in [6, 6.07) is 2.72. The lowest BCUT2D eigenvalue weighted by Gasteiger charge is -2.14. The van der Waals surface area contributed by atoms with Crippen LogP contribution in [0.15, 0.2) is 24.7 Å². The van der Waals surface area contributed by atoms with Crippen LogP contribution in [0.4, 0.5) is 19.1 Å². The van der Waals surface area contributed by atoms with Crippen LogP contribution in [-0.4, -0.2) is 37.9 Å². The van der Waals surface area contributed by atoms with Crippen LogP contribution in [0, 0.1) is 11.3 Å². The van der Waals surface area contributed by atoms with Crippen LogP contribution in [0.25, 0.3) is 22.3 Å². The van der Waals surface area contributed by atoms with Gasteiger partial charge in [-0.2, -0.15) is 18.4 Å². The summed E-state index contributed by atoms with van der Waals surface area (Å²) in [5.74, 6) is -0.615. The molecule has 1 atom stereocenters. The highest BCUT2D eigenvalue weighted by atomic mass is 35.5. The summed E-state index contributed by atoms with van der Waals surface area (Å²) >= 11 is 6.00. The Morgan fingerprint density at radius 2 is 2.14 bits per heavy atom. The van der Waals surface area contributed by atoms with E-state index in [4.69, 9.17) is 11.6 Å². The number of rotatable bonds is 6. The maximum absolute atomic E-state index is 12.3. The van der Waals surface area contributed by atoms with E-state index in [1.807, 2.05) is 6.07 Å². The van der Waals surface area contributed by atoms with Gasteiger partial charge >= 0.3 is 6.18 Å². The van der Waals surface area contributed by atoms with E-state index in [-0.39, 0.29) is 17.2 Å². The number of fused-ring (bicyclic) bond motifs is 1. The number of H-pyrrole nitrogens is 1. The Bertz CT molecular complexity index is 1110. The van der Waals surface area contributed by atoms with Crippen LogP contribution in [0.5, 0.6) is 0 Å². The summed E-state index contributed by atoms with van der Waals surface area (Å²) in [7, 11) is 0. The minimum absolute atomic E-state index is 0.0104. The molecule has 0 aliphatic rings. The molecule has 2 N–H and O–H groups in total. The Labute approximate surface area is 167 Å². The molecule has 0 fully saturated rings. The topological polar surface area (TPSA) is 107 Å². The number of ketones is 1. The molecule has 3 rings (SSSR count). The van der Waals surface area contributed by atoms with Crippen LogP contribution in [0.1, 0.15) is 25.3 Å². The van der Waals surface area contributed by atoms with E-state index in [9.17, 15) is 23.2 Å². The highest BCUT2D eigenvalue weighted by molar-refractivity contribution is 6.31. The Balaban J connectivity index is 1.89. The standard InChI is InChI=1S/C18H14ClF3N6O/c1-9(14(29)2-3-18(20,21)22)27-17-26-6-10(5-23)15(28-17)13-8-25-16-12(13)4-11(19)7-24-16/h4,6-9H,2-3H2,1H3,(H,24,25)(H,26,27,28)/t9-/m0/s1. The number of halogens is 4. The number of anilines is 1. The van der Waals surface area contributed by atoms with Crippen molar-refractivity contribution in [3.05, 3.63) is 35.2 Å². The zero-order valence-corrected chi connectivity index (χ0v) is 15.8. The van der Waals surface area contributed by atoms with E-state index in [0.29, 0.717) is 21.6 Å². The van der Waals surface area contributed by atoms with Gasteiger partial charge in [-0.3, -0.25) is 4.79 Å². The van der Waals surface area contributed by atoms with Gasteiger partial charge < -0.3 is 10.3 Å². The highest BCUT2D eigenvalue weighted by Crippen LogP contribution is 2.30. The highest BCUT2D eigenvalue weighted by Gasteiger charge is 2.29. The zero-order valence-electron chi connectivity index (χ0n) is 15.0. The first-order chi connectivity index (χ1) is 13.7. The van der Waals surface area contributed by atoms with Crippen molar-refractivity contribution < 1.29 is 18.0 Å². The largest absolute Gasteiger partial charge is 0.389 e. The zero-order chi connectivity index (χ0) is 21.2. The third-order valence-corrected chi connectivity index (χ3v) is 4.35. The van der Waals surface area contributed by atoms with Crippen LogP contribution in [0.3, 0.4) is 0 Å². The van der Waals surface area contributed by atoms with E-state index in [0.717, 1.165) is 0 Å². The number of alkyl halides is 3. The molecule has 0 unspecified atom stereocenters. The summed E-state index contributed by atoms with van der Waals surface area (Å²) in [6.45, 7) is 1.43. The predicted octanol–water partition coefficient (Wildman–Crippen LogP) is 4.26. The van der Waals surface area contributed by atoms with E-state index in [2.05, 4.69) is 25.3 Å². The quantitative estimate of drug-likeness (QED) is 0.614. The molecule has 29 heavy (non-hydrogen) atoms. The molecule has 0 spiro atoms. The summed E-state index contributed by atoms with van der Waals surface area (Å²) in [5, 5.41) is 13.1. The molecule has 0 aliphatic heterocycles. The maximum Gasteiger partial charge on any atom is 0.389 e. The van der Waals surface area contributed by atoms with Gasteiger partial charge in [0.1, 0.15) is 11.7 Å². The van der Waals surface area contributed by atoms with Crippen molar-refractivity contribution in [2.24, 2.45) is 0 Å². The molecule has 0 aromatic carbocycles. The van der Waals surface area contributed by atoms with Gasteiger partial charge in [-0.15, -0.1) is 0 Å². The number of nitrogens with zero attached hydrogens (tertiary/aromatic N) is 4. The van der Waals surface area contributed by atoms with E-state index in [1.54, 1.807) is 12.3 Å². The Hall–Kier alpha value is -3.19. The number of nitrogens with one attached hydrogen (secondary N) is 2. The van der Waals surface area contributed by atoms with Crippen molar-refractivity contribution in [3.8, 4) is 17.3 Å². The van der Waals surface area contributed by atoms with Gasteiger partial charge in [0.05, 0.1) is 34.9 Å². The summed E-state index contributed by atoms with van der Waals surface area (Å²) in [4.78, 5) is 27.3. The normalized spacial score (nSPS) is 12.6. The summed E-state index contributed by atoms with van der Waals surface area (Å²) in [5.41, 5.74) is 1.54. The molecule has 0 amide bonds. The molecule has 3 aromatic heterocycles. The van der Waals surface area contributed by atoms with Crippen LogP contribution < -0.4 is 5.32 Å². The van der Waals surface area contributed by atoms with Gasteiger partial charge in [0.15, 0.2) is 5.78 Å². The van der Waals surface area contributed by atoms with Crippen LogP contribution in [-0.2, 0) is 4.79 Å². The van der Waals surface area contributed by atoms with Gasteiger partial charge in [-0.25, -0.2) is 15.0 Å². The first-order valence-electron chi connectivity index (χ1n) is 8.44. The fraction of sp³-hybridized carbons (Fsp3) is 0.278.